The first-order valence-electron chi connectivity index (χ1n) is 12.8. The van der Waals surface area contributed by atoms with E-state index < -0.39 is 25.2 Å². The first-order valence-corrected chi connectivity index (χ1v) is 13.2. The number of halogens is 4. The molecule has 1 heterocycles. The molecule has 2 amide bonds. The van der Waals surface area contributed by atoms with Gasteiger partial charge in [-0.25, -0.2) is 4.79 Å². The second-order valence-corrected chi connectivity index (χ2v) is 9.69. The summed E-state index contributed by atoms with van der Waals surface area (Å²) in [6, 6.07) is 13.2. The molecule has 2 aromatic rings. The number of aliphatic imine (C=N–C) groups is 1. The van der Waals surface area contributed by atoms with Crippen LogP contribution in [0.4, 0.5) is 18.0 Å². The van der Waals surface area contributed by atoms with Crippen molar-refractivity contribution < 1.29 is 18.0 Å². The van der Waals surface area contributed by atoms with E-state index >= 15 is 0 Å². The van der Waals surface area contributed by atoms with E-state index in [1.807, 2.05) is 32.0 Å². The molecule has 39 heavy (non-hydrogen) atoms. The third kappa shape index (κ3) is 8.56. The van der Waals surface area contributed by atoms with Gasteiger partial charge in [-0.05, 0) is 49.1 Å². The predicted octanol–water partition coefficient (Wildman–Crippen LogP) is 5.60. The van der Waals surface area contributed by atoms with Crippen molar-refractivity contribution in [3.05, 3.63) is 81.5 Å². The number of amides is 2. The zero-order valence-electron chi connectivity index (χ0n) is 22.0. The number of nitrogens with one attached hydrogen (secondary N) is 3. The minimum Gasteiger partial charge on any atom is -0.400 e. The number of hydrogen-bond donors (Lipinski definition) is 4. The summed E-state index contributed by atoms with van der Waals surface area (Å²) in [6.07, 6.45) is -4.37. The number of aryl methyl sites for hydroxylation is 1. The quantitative estimate of drug-likeness (QED) is 0.248. The normalized spacial score (nSPS) is 17.0. The van der Waals surface area contributed by atoms with Gasteiger partial charge in [0.2, 0.25) is 0 Å². The van der Waals surface area contributed by atoms with Crippen molar-refractivity contribution in [3.63, 3.8) is 0 Å². The molecule has 1 fully saturated rings. The van der Waals surface area contributed by atoms with E-state index in [-0.39, 0.29) is 18.4 Å². The van der Waals surface area contributed by atoms with Crippen LogP contribution in [-0.2, 0) is 6.42 Å². The highest BCUT2D eigenvalue weighted by Crippen LogP contribution is 2.26. The van der Waals surface area contributed by atoms with Gasteiger partial charge >= 0.3 is 12.2 Å². The molecule has 2 aromatic carbocycles. The highest BCUT2D eigenvalue weighted by atomic mass is 35.5. The maximum atomic E-state index is 13.0. The first kappa shape index (κ1) is 30.2. The summed E-state index contributed by atoms with van der Waals surface area (Å²) in [4.78, 5) is 18.7. The number of carbonyl (C=O) groups excluding carboxylic acids is 1. The van der Waals surface area contributed by atoms with Gasteiger partial charge in [0, 0.05) is 29.4 Å². The average Bonchev–Trinajstić information content (AvgIpc) is 2.91. The molecule has 1 unspecified atom stereocenters. The highest BCUT2D eigenvalue weighted by Gasteiger charge is 2.31. The number of alkyl halides is 3. The Morgan fingerprint density at radius 1 is 1.23 bits per heavy atom. The summed E-state index contributed by atoms with van der Waals surface area (Å²) in [7, 11) is 0. The van der Waals surface area contributed by atoms with Crippen LogP contribution >= 0.6 is 11.6 Å². The Labute approximate surface area is 231 Å². The van der Waals surface area contributed by atoms with Gasteiger partial charge in [0.25, 0.3) is 0 Å². The van der Waals surface area contributed by atoms with Crippen LogP contribution in [0.3, 0.4) is 0 Å². The van der Waals surface area contributed by atoms with E-state index in [4.69, 9.17) is 27.7 Å². The maximum Gasteiger partial charge on any atom is 0.390 e. The van der Waals surface area contributed by atoms with Crippen molar-refractivity contribution in [2.24, 2.45) is 10.7 Å². The van der Waals surface area contributed by atoms with Gasteiger partial charge in [-0.15, -0.1) is 0 Å². The Morgan fingerprint density at radius 2 is 1.92 bits per heavy atom. The topological polar surface area (TPSA) is 107 Å². The number of urea groups is 1. The van der Waals surface area contributed by atoms with Crippen molar-refractivity contribution in [1.82, 2.24) is 15.5 Å². The fraction of sp³-hybridized carbons (Fsp3) is 0.393. The van der Waals surface area contributed by atoms with E-state index in [1.54, 1.807) is 30.3 Å². The monoisotopic (exact) mass is 562 g/mol. The number of nitrogens with zero attached hydrogens (tertiary/aromatic N) is 2. The third-order valence-corrected chi connectivity index (χ3v) is 6.83. The van der Waals surface area contributed by atoms with Gasteiger partial charge in [0.05, 0.1) is 24.7 Å². The van der Waals surface area contributed by atoms with Crippen molar-refractivity contribution in [2.75, 3.05) is 26.2 Å². The smallest absolute Gasteiger partial charge is 0.390 e. The number of amidine groups is 1. The molecule has 0 radical (unpaired) electrons. The lowest BCUT2D eigenvalue weighted by Crippen LogP contribution is -2.46. The number of piperidine rings is 1. The Morgan fingerprint density at radius 3 is 2.56 bits per heavy atom. The molecule has 7 nitrogen and oxygen atoms in total. The average molecular weight is 563 g/mol. The molecule has 1 saturated heterocycles. The lowest BCUT2D eigenvalue weighted by Gasteiger charge is -2.26. The van der Waals surface area contributed by atoms with Crippen molar-refractivity contribution >= 4 is 29.2 Å². The Hall–Kier alpha value is -3.37. The second kappa shape index (κ2) is 13.6. The largest absolute Gasteiger partial charge is 0.400 e. The van der Waals surface area contributed by atoms with E-state index in [0.717, 1.165) is 33.7 Å². The molecule has 0 aliphatic carbocycles. The van der Waals surface area contributed by atoms with Gasteiger partial charge in [-0.1, -0.05) is 61.0 Å². The first-order chi connectivity index (χ1) is 18.5. The summed E-state index contributed by atoms with van der Waals surface area (Å²) in [5.41, 5.74) is 10.5. The summed E-state index contributed by atoms with van der Waals surface area (Å²) in [5, 5.41) is 14.9. The highest BCUT2D eigenvalue weighted by molar-refractivity contribution is 6.31. The standard InChI is InChI=1S/C28H34ClF3N6O/c1-3-19-8-10-20(11-9-19)26(34)38(15-13-28(30,31)32)27(39)36-16-24(33)22-12-14-35-17-25(22)37-18(2)21-6-4-5-7-23(21)29/h4-11,18,34-35H,3,12-17,33H2,1-2H3,(H,36,39)/b24-22-,34-26?,37-25?. The minimum absolute atomic E-state index is 0.0990. The summed E-state index contributed by atoms with van der Waals surface area (Å²) < 4.78 is 39.0. The lowest BCUT2D eigenvalue weighted by molar-refractivity contribution is -0.135. The van der Waals surface area contributed by atoms with Gasteiger partial charge in [-0.2, -0.15) is 13.2 Å². The van der Waals surface area contributed by atoms with Crippen molar-refractivity contribution in [2.45, 2.75) is 45.3 Å². The third-order valence-electron chi connectivity index (χ3n) is 6.48. The van der Waals surface area contributed by atoms with Crippen LogP contribution in [0.1, 0.15) is 49.4 Å². The molecule has 0 aromatic heterocycles. The van der Waals surface area contributed by atoms with Crippen LogP contribution in [0, 0.1) is 5.41 Å². The Bertz CT molecular complexity index is 1230. The lowest BCUT2D eigenvalue weighted by atomic mass is 9.99. The minimum atomic E-state index is -4.48. The number of nitrogens with two attached hydrogens (primary N) is 1. The number of hydrogen-bond acceptors (Lipinski definition) is 5. The number of carbonyl (C=O) groups is 1. The molecule has 210 valence electrons. The predicted molar refractivity (Wildman–Crippen MR) is 149 cm³/mol. The summed E-state index contributed by atoms with van der Waals surface area (Å²) in [5.74, 6) is -0.316. The fourth-order valence-electron chi connectivity index (χ4n) is 4.24. The van der Waals surface area contributed by atoms with Gasteiger partial charge < -0.3 is 16.4 Å². The SMILES string of the molecule is CCc1ccc(C(=N)N(CCC(F)(F)F)C(=O)NC/C(N)=C2\CCNCC2=NC(C)c2ccccc2Cl)cc1. The number of rotatable bonds is 8. The van der Waals surface area contributed by atoms with E-state index in [0.29, 0.717) is 35.8 Å². The molecule has 11 heteroatoms. The second-order valence-electron chi connectivity index (χ2n) is 9.28. The van der Waals surface area contributed by atoms with E-state index in [1.165, 1.54) is 0 Å². The fourth-order valence-corrected chi connectivity index (χ4v) is 4.53. The van der Waals surface area contributed by atoms with Crippen LogP contribution in [-0.4, -0.2) is 54.8 Å². The zero-order valence-corrected chi connectivity index (χ0v) is 22.8. The summed E-state index contributed by atoms with van der Waals surface area (Å²) >= 11 is 6.33. The van der Waals surface area contributed by atoms with E-state index in [2.05, 4.69) is 10.6 Å². The van der Waals surface area contributed by atoms with Crippen LogP contribution in [0.2, 0.25) is 5.02 Å². The molecule has 0 bridgehead atoms. The molecular weight excluding hydrogens is 529 g/mol. The molecule has 0 saturated carbocycles. The molecule has 1 aliphatic rings. The van der Waals surface area contributed by atoms with Crippen LogP contribution < -0.4 is 16.4 Å². The molecule has 1 atom stereocenters. The van der Waals surface area contributed by atoms with Crippen LogP contribution in [0.5, 0.6) is 0 Å². The van der Waals surface area contributed by atoms with Crippen molar-refractivity contribution in [1.29, 1.82) is 5.41 Å². The number of benzene rings is 2. The van der Waals surface area contributed by atoms with Crippen LogP contribution in [0.25, 0.3) is 0 Å². The molecular formula is C28H34ClF3N6O. The molecule has 3 rings (SSSR count). The zero-order chi connectivity index (χ0) is 28.6. The van der Waals surface area contributed by atoms with Gasteiger partial charge in [-0.3, -0.25) is 15.3 Å². The molecule has 0 spiro atoms. The molecule has 5 N–H and O–H groups in total. The van der Waals surface area contributed by atoms with Gasteiger partial charge in [0.15, 0.2) is 0 Å². The van der Waals surface area contributed by atoms with Crippen LogP contribution in [0.15, 0.2) is 64.8 Å². The maximum absolute atomic E-state index is 13.0. The summed E-state index contributed by atoms with van der Waals surface area (Å²) in [6.45, 7) is 4.26. The van der Waals surface area contributed by atoms with Crippen molar-refractivity contribution in [3.8, 4) is 0 Å². The van der Waals surface area contributed by atoms with E-state index in [9.17, 15) is 18.0 Å². The van der Waals surface area contributed by atoms with Gasteiger partial charge in [0.1, 0.15) is 5.84 Å². The Kier molecular flexibility index (Phi) is 10.5. The Balaban J connectivity index is 1.78. The molecule has 1 aliphatic heterocycles.